The Morgan fingerprint density at radius 2 is 1.59 bits per heavy atom. The lowest BCUT2D eigenvalue weighted by molar-refractivity contribution is -0.796. The number of hydroxylamine groups is 2. The molecule has 114 valence electrons. The summed E-state index contributed by atoms with van der Waals surface area (Å²) in [5.41, 5.74) is 0. The van der Waals surface area contributed by atoms with E-state index in [1.807, 2.05) is 0 Å². The van der Waals surface area contributed by atoms with Gasteiger partial charge >= 0.3 is 17.8 Å². The molecule has 1 unspecified atom stereocenters. The maximum absolute atomic E-state index is 12.4. The van der Waals surface area contributed by atoms with E-state index in [1.165, 1.54) is 0 Å². The molecule has 3 rings (SSSR count). The molecule has 3 aliphatic rings. The van der Waals surface area contributed by atoms with E-state index in [0.29, 0.717) is 17.9 Å². The van der Waals surface area contributed by atoms with Gasteiger partial charge in [0, 0.05) is 18.6 Å². The van der Waals surface area contributed by atoms with Gasteiger partial charge in [0.2, 0.25) is 6.04 Å². The first-order chi connectivity index (χ1) is 10.5. The molecule has 0 bridgehead atoms. The lowest BCUT2D eigenvalue weighted by atomic mass is 9.98. The molecule has 22 heavy (non-hydrogen) atoms. The normalized spacial score (nSPS) is 26.4. The van der Waals surface area contributed by atoms with Crippen molar-refractivity contribution in [3.63, 3.8) is 0 Å². The quantitative estimate of drug-likeness (QED) is 0.497. The predicted molar refractivity (Wildman–Crippen MR) is 69.0 cm³/mol. The summed E-state index contributed by atoms with van der Waals surface area (Å²) in [6.45, 7) is 0.213. The third-order valence-electron chi connectivity index (χ3n) is 4.15. The van der Waals surface area contributed by atoms with Crippen molar-refractivity contribution in [3.8, 4) is 0 Å². The molecule has 0 aromatic carbocycles. The van der Waals surface area contributed by atoms with E-state index in [1.54, 1.807) is 0 Å². The Bertz CT molecular complexity index is 626. The van der Waals surface area contributed by atoms with Gasteiger partial charge in [-0.1, -0.05) is 5.06 Å². The molecule has 8 heteroatoms. The van der Waals surface area contributed by atoms with E-state index in [0.717, 1.165) is 24.3 Å². The zero-order valence-corrected chi connectivity index (χ0v) is 11.6. The highest BCUT2D eigenvalue weighted by Gasteiger charge is 2.57. The number of rotatable bonds is 2. The molecule has 0 aromatic rings. The topological polar surface area (TPSA) is 97.8 Å². The summed E-state index contributed by atoms with van der Waals surface area (Å²) in [7, 11) is 0. The fourth-order valence-corrected chi connectivity index (χ4v) is 3.05. The standard InChI is InChI=1S/C14H13N2O6/c17-10-4-5-11(18)15(10)22-14(21)9-3-1-2-8-16(9)12(19)6-7-13(16)20/h4-7,9H,1-3,8H2/q+1. The molecule has 1 saturated heterocycles. The average Bonchev–Trinajstić information content (AvgIpc) is 2.96. The van der Waals surface area contributed by atoms with Crippen LogP contribution in [-0.2, 0) is 28.8 Å². The Labute approximate surface area is 125 Å². The van der Waals surface area contributed by atoms with Crippen molar-refractivity contribution in [3.05, 3.63) is 24.3 Å². The molecular weight excluding hydrogens is 292 g/mol. The van der Waals surface area contributed by atoms with Crippen LogP contribution < -0.4 is 0 Å². The van der Waals surface area contributed by atoms with Crippen molar-refractivity contribution in [2.45, 2.75) is 25.3 Å². The second-order valence-electron chi connectivity index (χ2n) is 5.33. The summed E-state index contributed by atoms with van der Waals surface area (Å²) in [5, 5.41) is 0.339. The van der Waals surface area contributed by atoms with Crippen LogP contribution in [0.25, 0.3) is 0 Å². The Morgan fingerprint density at radius 1 is 1.00 bits per heavy atom. The lowest BCUT2D eigenvalue weighted by Gasteiger charge is -2.38. The Hall–Kier alpha value is -2.61. The summed E-state index contributed by atoms with van der Waals surface area (Å²) in [6.07, 6.45) is 5.83. The molecule has 1 atom stereocenters. The number of hydrogen-bond acceptors (Lipinski definition) is 6. The Balaban J connectivity index is 1.84. The number of piperidine rings is 1. The molecule has 0 saturated carbocycles. The highest BCUT2D eigenvalue weighted by Crippen LogP contribution is 2.31. The zero-order valence-electron chi connectivity index (χ0n) is 11.6. The van der Waals surface area contributed by atoms with Crippen LogP contribution in [-0.4, -0.2) is 51.7 Å². The lowest BCUT2D eigenvalue weighted by Crippen LogP contribution is -2.65. The fourth-order valence-electron chi connectivity index (χ4n) is 3.05. The third-order valence-corrected chi connectivity index (χ3v) is 4.15. The minimum atomic E-state index is -1.04. The van der Waals surface area contributed by atoms with Gasteiger partial charge in [0.05, 0.1) is 18.7 Å². The van der Waals surface area contributed by atoms with Gasteiger partial charge in [-0.2, -0.15) is 4.48 Å². The summed E-state index contributed by atoms with van der Waals surface area (Å²) >= 11 is 0. The molecule has 0 radical (unpaired) electrons. The zero-order chi connectivity index (χ0) is 15.9. The first kappa shape index (κ1) is 14.3. The van der Waals surface area contributed by atoms with Gasteiger partial charge in [0.1, 0.15) is 0 Å². The highest BCUT2D eigenvalue weighted by atomic mass is 16.7. The number of hydrogen-bond donors (Lipinski definition) is 0. The predicted octanol–water partition coefficient (Wildman–Crippen LogP) is -0.638. The SMILES string of the molecule is O=C(ON1C(=O)C=CC1=O)C1CCCC[N+]12C(=O)C=CC2=O. The van der Waals surface area contributed by atoms with Crippen LogP contribution in [0.3, 0.4) is 0 Å². The first-order valence-electron chi connectivity index (χ1n) is 6.89. The molecule has 3 aliphatic heterocycles. The van der Waals surface area contributed by atoms with Gasteiger partial charge in [0.15, 0.2) is 0 Å². The van der Waals surface area contributed by atoms with E-state index in [9.17, 15) is 24.0 Å². The molecular formula is C14H13N2O6+. The molecule has 0 aliphatic carbocycles. The van der Waals surface area contributed by atoms with Crippen molar-refractivity contribution < 1.29 is 33.3 Å². The maximum atomic E-state index is 12.4. The number of carbonyl (C=O) groups excluding carboxylic acids is 5. The summed E-state index contributed by atoms with van der Waals surface area (Å²) in [6, 6.07) is -1.04. The van der Waals surface area contributed by atoms with E-state index in [2.05, 4.69) is 0 Å². The van der Waals surface area contributed by atoms with Crippen LogP contribution in [0.4, 0.5) is 0 Å². The van der Waals surface area contributed by atoms with E-state index in [4.69, 9.17) is 4.84 Å². The van der Waals surface area contributed by atoms with Crippen molar-refractivity contribution in [2.75, 3.05) is 6.54 Å². The van der Waals surface area contributed by atoms with Gasteiger partial charge in [-0.05, 0) is 12.8 Å². The van der Waals surface area contributed by atoms with Crippen LogP contribution >= 0.6 is 0 Å². The molecule has 3 heterocycles. The van der Waals surface area contributed by atoms with Gasteiger partial charge < -0.3 is 4.84 Å². The highest BCUT2D eigenvalue weighted by molar-refractivity contribution is 6.12. The second kappa shape index (κ2) is 4.99. The number of nitrogens with zero attached hydrogens (tertiary/aromatic N) is 2. The van der Waals surface area contributed by atoms with Crippen LogP contribution in [0.15, 0.2) is 24.3 Å². The molecule has 8 nitrogen and oxygen atoms in total. The molecule has 1 fully saturated rings. The smallest absolute Gasteiger partial charge is 0.323 e. The van der Waals surface area contributed by atoms with Gasteiger partial charge in [-0.3, -0.25) is 9.59 Å². The summed E-state index contributed by atoms with van der Waals surface area (Å²) < 4.78 is -0.636. The largest absolute Gasteiger partial charge is 0.391 e. The third kappa shape index (κ3) is 1.92. The minimum Gasteiger partial charge on any atom is -0.323 e. The monoisotopic (exact) mass is 305 g/mol. The molecule has 0 aromatic heterocycles. The van der Waals surface area contributed by atoms with Crippen molar-refractivity contribution >= 4 is 29.6 Å². The second-order valence-corrected chi connectivity index (χ2v) is 5.33. The number of quaternary nitrogens is 1. The van der Waals surface area contributed by atoms with Crippen LogP contribution in [0.1, 0.15) is 19.3 Å². The van der Waals surface area contributed by atoms with Crippen LogP contribution in [0.5, 0.6) is 0 Å². The Morgan fingerprint density at radius 3 is 2.18 bits per heavy atom. The maximum Gasteiger partial charge on any atom is 0.391 e. The van der Waals surface area contributed by atoms with Crippen LogP contribution in [0.2, 0.25) is 0 Å². The van der Waals surface area contributed by atoms with Gasteiger partial charge in [-0.25, -0.2) is 14.4 Å². The van der Waals surface area contributed by atoms with Crippen molar-refractivity contribution in [2.24, 2.45) is 0 Å². The van der Waals surface area contributed by atoms with Crippen molar-refractivity contribution in [1.29, 1.82) is 0 Å². The van der Waals surface area contributed by atoms with Gasteiger partial charge in [-0.15, -0.1) is 0 Å². The van der Waals surface area contributed by atoms with Gasteiger partial charge in [0.25, 0.3) is 11.8 Å². The van der Waals surface area contributed by atoms with Crippen molar-refractivity contribution in [1.82, 2.24) is 5.06 Å². The Kier molecular flexibility index (Phi) is 3.25. The molecule has 4 amide bonds. The van der Waals surface area contributed by atoms with E-state index in [-0.39, 0.29) is 13.0 Å². The molecule has 1 spiro atoms. The summed E-state index contributed by atoms with van der Waals surface area (Å²) in [4.78, 5) is 64.3. The van der Waals surface area contributed by atoms with E-state index < -0.39 is 40.1 Å². The number of amides is 4. The fraction of sp³-hybridized carbons (Fsp3) is 0.357. The summed E-state index contributed by atoms with van der Waals surface area (Å²) in [5.74, 6) is -3.39. The molecule has 0 N–H and O–H groups in total. The average molecular weight is 305 g/mol. The number of imide groups is 2. The minimum absolute atomic E-state index is 0.213. The number of carbonyl (C=O) groups is 5. The van der Waals surface area contributed by atoms with Crippen LogP contribution in [0, 0.1) is 0 Å². The van der Waals surface area contributed by atoms with E-state index >= 15 is 0 Å². The first-order valence-corrected chi connectivity index (χ1v) is 6.89.